The lowest BCUT2D eigenvalue weighted by atomic mass is 9.58. The largest absolute Gasteiger partial charge is 0.352 e. The molecule has 194 valence electrons. The maximum absolute atomic E-state index is 12.3. The van der Waals surface area contributed by atoms with Gasteiger partial charge in [-0.05, 0) is 75.1 Å². The highest BCUT2D eigenvalue weighted by molar-refractivity contribution is 5.94. The third kappa shape index (κ3) is 4.65. The molecular weight excluding hydrogens is 448 g/mol. The van der Waals surface area contributed by atoms with E-state index >= 15 is 0 Å². The first-order valence-electron chi connectivity index (χ1n) is 13.3. The van der Waals surface area contributed by atoms with E-state index in [0.717, 1.165) is 44.1 Å². The molecule has 8 atom stereocenters. The van der Waals surface area contributed by atoms with Gasteiger partial charge in [-0.25, -0.2) is 9.78 Å². The monoisotopic (exact) mass is 488 g/mol. The van der Waals surface area contributed by atoms with Gasteiger partial charge in [0.1, 0.15) is 0 Å². The van der Waals surface area contributed by atoms with Crippen LogP contribution in [-0.4, -0.2) is 43.0 Å². The van der Waals surface area contributed by atoms with Crippen LogP contribution in [0.25, 0.3) is 0 Å². The Morgan fingerprint density at radius 1 is 1.11 bits per heavy atom. The first-order chi connectivity index (χ1) is 16.9. The molecule has 6 rings (SSSR count). The molecule has 0 aromatic heterocycles. The Kier molecular flexibility index (Phi) is 7.23. The lowest BCUT2D eigenvalue weighted by molar-refractivity contribution is -0.577. The fourth-order valence-electron chi connectivity index (χ4n) is 6.57. The molecule has 35 heavy (non-hydrogen) atoms. The van der Waals surface area contributed by atoms with Gasteiger partial charge in [-0.1, -0.05) is 26.0 Å². The molecule has 4 heterocycles. The zero-order valence-corrected chi connectivity index (χ0v) is 21.2. The molecule has 1 amide bonds. The summed E-state index contributed by atoms with van der Waals surface area (Å²) >= 11 is 0. The zero-order valence-electron chi connectivity index (χ0n) is 21.2. The average molecular weight is 489 g/mol. The van der Waals surface area contributed by atoms with Gasteiger partial charge in [0.05, 0.1) is 6.61 Å². The average Bonchev–Trinajstić information content (AvgIpc) is 3.09. The molecule has 3 unspecified atom stereocenters. The summed E-state index contributed by atoms with van der Waals surface area (Å²) in [6, 6.07) is 7.54. The van der Waals surface area contributed by atoms with Crippen LogP contribution in [0.1, 0.15) is 75.2 Å². The number of carbonyl (C=O) groups excluding carboxylic acids is 1. The molecule has 4 aliphatic heterocycles. The highest BCUT2D eigenvalue weighted by Gasteiger charge is 2.69. The van der Waals surface area contributed by atoms with Crippen molar-refractivity contribution >= 4 is 5.91 Å². The topological polar surface area (TPSA) is 101 Å². The molecule has 2 bridgehead atoms. The number of carbonyl (C=O) groups is 1. The first-order valence-corrected chi connectivity index (χ1v) is 13.3. The summed E-state index contributed by atoms with van der Waals surface area (Å²) < 4.78 is 19.2. The van der Waals surface area contributed by atoms with Gasteiger partial charge in [0.15, 0.2) is 18.2 Å². The minimum Gasteiger partial charge on any atom is -0.352 e. The second-order valence-corrected chi connectivity index (χ2v) is 11.0. The van der Waals surface area contributed by atoms with E-state index < -0.39 is 24.0 Å². The van der Waals surface area contributed by atoms with Gasteiger partial charge in [-0.15, -0.1) is 0 Å². The number of nitrogens with one attached hydrogen (secondary N) is 1. The predicted molar refractivity (Wildman–Crippen MR) is 129 cm³/mol. The minimum absolute atomic E-state index is 0.0682. The van der Waals surface area contributed by atoms with Crippen molar-refractivity contribution < 1.29 is 28.8 Å². The van der Waals surface area contributed by atoms with Crippen molar-refractivity contribution in [2.75, 3.05) is 13.1 Å². The van der Waals surface area contributed by atoms with E-state index in [1.807, 2.05) is 31.2 Å². The SMILES string of the molecule is C[C@@H]1CCC2[C@@H](C)[C@@H](OCc3ccc(C(=O)NCCCCN)cc3)OC3O[C@@]4(C)CCC1[C@]32OO4. The maximum Gasteiger partial charge on any atom is 0.251 e. The van der Waals surface area contributed by atoms with Crippen molar-refractivity contribution in [2.45, 2.75) is 89.9 Å². The molecule has 5 aliphatic rings. The highest BCUT2D eigenvalue weighted by Crippen LogP contribution is 2.60. The van der Waals surface area contributed by atoms with Crippen LogP contribution < -0.4 is 11.1 Å². The zero-order chi connectivity index (χ0) is 24.6. The van der Waals surface area contributed by atoms with E-state index in [1.54, 1.807) is 0 Å². The number of nitrogens with two attached hydrogens (primary N) is 1. The Bertz CT molecular complexity index is 896. The third-order valence-corrected chi connectivity index (χ3v) is 8.64. The second-order valence-electron chi connectivity index (χ2n) is 11.0. The Hall–Kier alpha value is -1.55. The Labute approximate surface area is 208 Å². The number of unbranched alkanes of at least 4 members (excludes halogenated alkanes) is 1. The van der Waals surface area contributed by atoms with Gasteiger partial charge in [0, 0.05) is 30.4 Å². The summed E-state index contributed by atoms with van der Waals surface area (Å²) in [6.45, 7) is 8.11. The summed E-state index contributed by atoms with van der Waals surface area (Å²) in [7, 11) is 0. The number of fused-ring (bicyclic) bond motifs is 2. The lowest BCUT2D eigenvalue weighted by Crippen LogP contribution is -2.70. The molecule has 0 radical (unpaired) electrons. The van der Waals surface area contributed by atoms with Crippen LogP contribution >= 0.6 is 0 Å². The van der Waals surface area contributed by atoms with E-state index in [1.165, 1.54) is 0 Å². The number of ether oxygens (including phenoxy) is 3. The minimum atomic E-state index is -0.788. The van der Waals surface area contributed by atoms with Gasteiger partial charge < -0.3 is 25.3 Å². The summed E-state index contributed by atoms with van der Waals surface area (Å²) in [5, 5.41) is 2.93. The van der Waals surface area contributed by atoms with Crippen LogP contribution in [0, 0.1) is 23.7 Å². The third-order valence-electron chi connectivity index (χ3n) is 8.64. The lowest BCUT2D eigenvalue weighted by Gasteiger charge is -2.60. The van der Waals surface area contributed by atoms with Crippen LogP contribution in [-0.2, 0) is 30.6 Å². The van der Waals surface area contributed by atoms with Crippen LogP contribution in [0.2, 0.25) is 0 Å². The summed E-state index contributed by atoms with van der Waals surface area (Å²) in [5.41, 5.74) is 6.56. The summed E-state index contributed by atoms with van der Waals surface area (Å²) in [5.74, 6) is 0.388. The molecule has 1 aliphatic carbocycles. The second kappa shape index (κ2) is 10.1. The molecule has 8 nitrogen and oxygen atoms in total. The van der Waals surface area contributed by atoms with E-state index in [-0.39, 0.29) is 17.7 Å². The van der Waals surface area contributed by atoms with E-state index in [2.05, 4.69) is 19.2 Å². The number of amides is 1. The molecular formula is C27H40N2O6. The highest BCUT2D eigenvalue weighted by atomic mass is 17.3. The quantitative estimate of drug-likeness (QED) is 0.423. The molecule has 1 aromatic carbocycles. The van der Waals surface area contributed by atoms with Crippen molar-refractivity contribution in [3.8, 4) is 0 Å². The molecule has 1 saturated carbocycles. The number of rotatable bonds is 8. The Morgan fingerprint density at radius 2 is 1.91 bits per heavy atom. The Balaban J connectivity index is 1.23. The van der Waals surface area contributed by atoms with Crippen LogP contribution in [0.5, 0.6) is 0 Å². The standard InChI is InChI=1S/C27H40N2O6/c1-17-6-11-22-18(2)24(32-25-27(22)21(17)12-13-26(3,33-25)34-35-27)31-16-19-7-9-20(10-8-19)23(30)29-15-5-4-14-28/h7-10,17-18,21-22,24-25H,4-6,11-16,28H2,1-3H3,(H,29,30)/t17-,18-,21?,22?,24+,25?,26-,27-/m1/s1. The van der Waals surface area contributed by atoms with Crippen molar-refractivity contribution in [3.63, 3.8) is 0 Å². The van der Waals surface area contributed by atoms with Crippen molar-refractivity contribution in [3.05, 3.63) is 35.4 Å². The molecule has 1 spiro atoms. The van der Waals surface area contributed by atoms with Crippen LogP contribution in [0.15, 0.2) is 24.3 Å². The van der Waals surface area contributed by atoms with E-state index in [9.17, 15) is 4.79 Å². The number of hydrogen-bond acceptors (Lipinski definition) is 7. The molecule has 1 aromatic rings. The number of benzene rings is 1. The van der Waals surface area contributed by atoms with E-state index in [0.29, 0.717) is 37.1 Å². The van der Waals surface area contributed by atoms with Gasteiger partial charge in [-0.2, -0.15) is 0 Å². The van der Waals surface area contributed by atoms with Gasteiger partial charge >= 0.3 is 0 Å². The molecule has 5 fully saturated rings. The van der Waals surface area contributed by atoms with Gasteiger partial charge in [0.2, 0.25) is 5.79 Å². The van der Waals surface area contributed by atoms with Crippen molar-refractivity contribution in [1.29, 1.82) is 0 Å². The van der Waals surface area contributed by atoms with Crippen molar-refractivity contribution in [1.82, 2.24) is 5.32 Å². The van der Waals surface area contributed by atoms with Crippen molar-refractivity contribution in [2.24, 2.45) is 29.4 Å². The Morgan fingerprint density at radius 3 is 2.69 bits per heavy atom. The van der Waals surface area contributed by atoms with Gasteiger partial charge in [-0.3, -0.25) is 4.79 Å². The smallest absolute Gasteiger partial charge is 0.251 e. The maximum atomic E-state index is 12.3. The molecule has 4 saturated heterocycles. The summed E-state index contributed by atoms with van der Waals surface area (Å²) in [6.07, 6.45) is 4.90. The summed E-state index contributed by atoms with van der Waals surface area (Å²) in [4.78, 5) is 24.4. The fourth-order valence-corrected chi connectivity index (χ4v) is 6.57. The fraction of sp³-hybridized carbons (Fsp3) is 0.741. The molecule has 8 heteroatoms. The van der Waals surface area contributed by atoms with E-state index in [4.69, 9.17) is 29.7 Å². The van der Waals surface area contributed by atoms with Gasteiger partial charge in [0.25, 0.3) is 5.91 Å². The molecule has 3 N–H and O–H groups in total. The number of hydrogen-bond donors (Lipinski definition) is 2. The van der Waals surface area contributed by atoms with Crippen LogP contribution in [0.3, 0.4) is 0 Å². The first kappa shape index (κ1) is 25.1. The normalized spacial score (nSPS) is 40.1. The van der Waals surface area contributed by atoms with Crippen LogP contribution in [0.4, 0.5) is 0 Å². The predicted octanol–water partition coefficient (Wildman–Crippen LogP) is 3.88.